The Morgan fingerprint density at radius 3 is 1.56 bits per heavy atom. The molecule has 0 radical (unpaired) electrons. The average molecular weight is 833 g/mol. The van der Waals surface area contributed by atoms with E-state index in [1.165, 1.54) is 28.8 Å². The molecule has 2 aromatic carbocycles. The van der Waals surface area contributed by atoms with E-state index in [1.807, 2.05) is 45.9 Å². The van der Waals surface area contributed by atoms with Gasteiger partial charge in [-0.05, 0) is 147 Å². The van der Waals surface area contributed by atoms with Crippen LogP contribution in [0.1, 0.15) is 95.7 Å². The molecule has 0 aliphatic heterocycles. The van der Waals surface area contributed by atoms with E-state index in [1.54, 1.807) is 18.3 Å². The van der Waals surface area contributed by atoms with Crippen LogP contribution in [0.15, 0.2) is 97.3 Å². The Bertz CT molecular complexity index is 2810. The third kappa shape index (κ3) is 11.7. The van der Waals surface area contributed by atoms with Crippen LogP contribution >= 0.6 is 0 Å². The van der Waals surface area contributed by atoms with E-state index in [9.17, 15) is 9.59 Å². The molecule has 62 heavy (non-hydrogen) atoms. The Labute approximate surface area is 362 Å². The summed E-state index contributed by atoms with van der Waals surface area (Å²) < 4.78 is 0. The van der Waals surface area contributed by atoms with E-state index in [-0.39, 0.29) is 18.9 Å². The number of aryl methyl sites for hydroxylation is 6. The Kier molecular flexibility index (Phi) is 14.9. The van der Waals surface area contributed by atoms with E-state index in [0.717, 1.165) is 72.8 Å². The SMILES string of the molecule is C.Cc1cc(N)nc(C)c1CN.Cc1ccc2[nH]c(Cc3cc(C(=O)NCc4c(C)cc(N)nc4C)ccn3)cc2c1.Cc1ccc2[nH]c(Cc3cc(C(=O)O)ccn3)cc2c1. The van der Waals surface area contributed by atoms with Gasteiger partial charge in [0, 0.05) is 89.1 Å². The Hall–Kier alpha value is -7.38. The fraction of sp³-hybridized carbons (Fsp3) is 0.224. The molecule has 8 aromatic rings. The summed E-state index contributed by atoms with van der Waals surface area (Å²) in [6.07, 6.45) is 4.44. The molecule has 0 saturated carbocycles. The van der Waals surface area contributed by atoms with Crippen LogP contribution in [0.2, 0.25) is 0 Å². The van der Waals surface area contributed by atoms with Gasteiger partial charge in [0.1, 0.15) is 11.6 Å². The Balaban J connectivity index is 0.000000195. The highest BCUT2D eigenvalue weighted by Crippen LogP contribution is 2.21. The van der Waals surface area contributed by atoms with E-state index in [2.05, 4.69) is 97.6 Å². The molecule has 0 fully saturated rings. The third-order valence-electron chi connectivity index (χ3n) is 10.3. The predicted molar refractivity (Wildman–Crippen MR) is 249 cm³/mol. The maximum atomic E-state index is 12.7. The van der Waals surface area contributed by atoms with Gasteiger partial charge in [-0.1, -0.05) is 30.7 Å². The molecule has 0 aliphatic rings. The second kappa shape index (κ2) is 20.3. The maximum Gasteiger partial charge on any atom is 0.335 e. The van der Waals surface area contributed by atoms with Crippen molar-refractivity contribution in [2.75, 3.05) is 11.5 Å². The number of nitrogens with one attached hydrogen (secondary N) is 3. The smallest absolute Gasteiger partial charge is 0.335 e. The number of anilines is 2. The molecule has 10 N–H and O–H groups in total. The zero-order valence-electron chi connectivity index (χ0n) is 35.4. The van der Waals surface area contributed by atoms with Crippen molar-refractivity contribution in [2.45, 2.75) is 74.9 Å². The molecule has 1 amide bonds. The van der Waals surface area contributed by atoms with Gasteiger partial charge in [-0.25, -0.2) is 14.8 Å². The van der Waals surface area contributed by atoms with Crippen molar-refractivity contribution >= 4 is 45.3 Å². The molecule has 6 aromatic heterocycles. The normalized spacial score (nSPS) is 10.6. The zero-order chi connectivity index (χ0) is 43.8. The number of carboxylic acids is 1. The molecule has 0 saturated heterocycles. The van der Waals surface area contributed by atoms with Crippen LogP contribution in [-0.4, -0.2) is 46.9 Å². The van der Waals surface area contributed by atoms with Crippen LogP contribution in [0.4, 0.5) is 11.6 Å². The lowest BCUT2D eigenvalue weighted by atomic mass is 10.1. The van der Waals surface area contributed by atoms with Crippen LogP contribution in [0.25, 0.3) is 21.8 Å². The van der Waals surface area contributed by atoms with Crippen molar-refractivity contribution in [3.8, 4) is 0 Å². The summed E-state index contributed by atoms with van der Waals surface area (Å²) in [5.41, 5.74) is 32.0. The summed E-state index contributed by atoms with van der Waals surface area (Å²) in [4.78, 5) is 47.4. The number of amides is 1. The number of fused-ring (bicyclic) bond motifs is 2. The van der Waals surface area contributed by atoms with Crippen LogP contribution in [0.5, 0.6) is 0 Å². The lowest BCUT2D eigenvalue weighted by molar-refractivity contribution is 0.0696. The van der Waals surface area contributed by atoms with Crippen molar-refractivity contribution in [1.82, 2.24) is 35.2 Å². The highest BCUT2D eigenvalue weighted by molar-refractivity contribution is 5.94. The van der Waals surface area contributed by atoms with Gasteiger partial charge < -0.3 is 37.6 Å². The summed E-state index contributed by atoms with van der Waals surface area (Å²) >= 11 is 0. The Morgan fingerprint density at radius 2 is 1.10 bits per heavy atom. The first-order valence-electron chi connectivity index (χ1n) is 19.9. The number of nitrogen functional groups attached to an aromatic ring is 2. The number of carboxylic acid groups (broad SMARTS) is 1. The number of aromatic nitrogens is 6. The molecule has 8 rings (SSSR count). The van der Waals surface area contributed by atoms with Crippen LogP contribution in [-0.2, 0) is 25.9 Å². The number of carbonyl (C=O) groups is 2. The standard InChI is InChI=1S/C24H25N5O.C16H14N2O2.C8H13N3.CH4/c1-14-4-5-22-18(8-14)11-20(29-22)12-19-10-17(6-7-26-19)24(30)27-13-21-15(2)9-23(25)28-16(21)3;1-10-2-3-15-12(6-10)8-14(18-15)9-13-7-11(16(19)20)4-5-17-13;1-5-3-8(10)11-6(2)7(5)4-9;/h4-11,29H,12-13H2,1-3H3,(H2,25,28)(H,27,30);2-8,18H,9H2,1H3,(H,19,20);3H,4,9H2,1-2H3,(H2,10,11);1H4. The average Bonchev–Trinajstić information content (AvgIpc) is 3.79. The zero-order valence-corrected chi connectivity index (χ0v) is 35.4. The molecule has 13 nitrogen and oxygen atoms in total. The van der Waals surface area contributed by atoms with Gasteiger partial charge in [-0.15, -0.1) is 0 Å². The summed E-state index contributed by atoms with van der Waals surface area (Å²) in [6.45, 7) is 12.9. The number of rotatable bonds is 9. The first kappa shape index (κ1) is 45.7. The van der Waals surface area contributed by atoms with Crippen LogP contribution in [0.3, 0.4) is 0 Å². The van der Waals surface area contributed by atoms with E-state index < -0.39 is 5.97 Å². The fourth-order valence-corrected chi connectivity index (χ4v) is 7.25. The number of nitrogens with zero attached hydrogens (tertiary/aromatic N) is 4. The molecular formula is C49H56N10O3. The number of benzene rings is 2. The first-order valence-corrected chi connectivity index (χ1v) is 19.9. The number of carbonyl (C=O) groups excluding carboxylic acids is 1. The lowest BCUT2D eigenvalue weighted by Gasteiger charge is -2.12. The largest absolute Gasteiger partial charge is 0.478 e. The minimum Gasteiger partial charge on any atom is -0.478 e. The molecule has 0 atom stereocenters. The number of H-pyrrole nitrogens is 2. The van der Waals surface area contributed by atoms with Gasteiger partial charge in [0.05, 0.1) is 5.56 Å². The molecule has 6 heterocycles. The molecule has 0 bridgehead atoms. The van der Waals surface area contributed by atoms with Gasteiger partial charge in [0.15, 0.2) is 0 Å². The second-order valence-electron chi connectivity index (χ2n) is 15.2. The van der Waals surface area contributed by atoms with Crippen LogP contribution < -0.4 is 22.5 Å². The molecule has 0 aliphatic carbocycles. The molecule has 320 valence electrons. The van der Waals surface area contributed by atoms with Crippen molar-refractivity contribution < 1.29 is 14.7 Å². The third-order valence-corrected chi connectivity index (χ3v) is 10.3. The molecular weight excluding hydrogens is 777 g/mol. The summed E-state index contributed by atoms with van der Waals surface area (Å²) in [5, 5.41) is 14.3. The first-order chi connectivity index (χ1) is 29.1. The van der Waals surface area contributed by atoms with E-state index in [4.69, 9.17) is 22.3 Å². The summed E-state index contributed by atoms with van der Waals surface area (Å²) in [7, 11) is 0. The van der Waals surface area contributed by atoms with Gasteiger partial charge in [-0.3, -0.25) is 14.8 Å². The fourth-order valence-electron chi connectivity index (χ4n) is 7.25. The molecule has 0 unspecified atom stereocenters. The van der Waals surface area contributed by atoms with Gasteiger partial charge in [0.2, 0.25) is 0 Å². The highest BCUT2D eigenvalue weighted by Gasteiger charge is 2.12. The number of aromatic amines is 2. The van der Waals surface area contributed by atoms with Crippen molar-refractivity contribution in [1.29, 1.82) is 0 Å². The number of nitrogens with two attached hydrogens (primary N) is 3. The Morgan fingerprint density at radius 1 is 0.629 bits per heavy atom. The van der Waals surface area contributed by atoms with Gasteiger partial charge >= 0.3 is 5.97 Å². The second-order valence-corrected chi connectivity index (χ2v) is 15.2. The number of pyridine rings is 4. The lowest BCUT2D eigenvalue weighted by Crippen LogP contribution is -2.24. The number of hydrogen-bond acceptors (Lipinski definition) is 9. The maximum absolute atomic E-state index is 12.7. The summed E-state index contributed by atoms with van der Waals surface area (Å²) in [6, 6.07) is 27.1. The summed E-state index contributed by atoms with van der Waals surface area (Å²) in [5.74, 6) is -0.00865. The number of hydrogen-bond donors (Lipinski definition) is 7. The minimum atomic E-state index is -0.930. The van der Waals surface area contributed by atoms with Crippen molar-refractivity contribution in [3.05, 3.63) is 176 Å². The minimum absolute atomic E-state index is 0. The van der Waals surface area contributed by atoms with Crippen molar-refractivity contribution in [2.24, 2.45) is 5.73 Å². The van der Waals surface area contributed by atoms with E-state index in [0.29, 0.717) is 43.1 Å². The highest BCUT2D eigenvalue weighted by atomic mass is 16.4. The number of aromatic carboxylic acids is 1. The molecule has 0 spiro atoms. The van der Waals surface area contributed by atoms with Gasteiger partial charge in [-0.2, -0.15) is 0 Å². The molecule has 13 heteroatoms. The predicted octanol–water partition coefficient (Wildman–Crippen LogP) is 8.52. The monoisotopic (exact) mass is 832 g/mol. The topological polar surface area (TPSA) is 228 Å². The van der Waals surface area contributed by atoms with E-state index >= 15 is 0 Å². The van der Waals surface area contributed by atoms with Crippen LogP contribution in [0, 0.1) is 41.5 Å². The van der Waals surface area contributed by atoms with Crippen molar-refractivity contribution in [3.63, 3.8) is 0 Å². The quantitative estimate of drug-likeness (QED) is 0.0733. The van der Waals surface area contributed by atoms with Gasteiger partial charge in [0.25, 0.3) is 5.91 Å².